The smallest absolute Gasteiger partial charge is 0.273 e. The maximum Gasteiger partial charge on any atom is 0.273 e. The summed E-state index contributed by atoms with van der Waals surface area (Å²) >= 11 is 0. The van der Waals surface area contributed by atoms with E-state index in [-0.39, 0.29) is 18.1 Å². The molecule has 1 aromatic rings. The minimum Gasteiger partial charge on any atom is -0.381 e. The Labute approximate surface area is 87.4 Å². The Hall–Kier alpha value is -1.43. The van der Waals surface area contributed by atoms with E-state index in [4.69, 9.17) is 4.74 Å². The van der Waals surface area contributed by atoms with Gasteiger partial charge < -0.3 is 10.1 Å². The van der Waals surface area contributed by atoms with Crippen LogP contribution in [0.5, 0.6) is 0 Å². The van der Waals surface area contributed by atoms with E-state index in [1.165, 1.54) is 6.20 Å². The van der Waals surface area contributed by atoms with Crippen LogP contribution in [0, 0.1) is 0 Å². The van der Waals surface area contributed by atoms with Gasteiger partial charge in [0, 0.05) is 13.2 Å². The summed E-state index contributed by atoms with van der Waals surface area (Å²) in [5, 5.41) is 12.6. The molecule has 6 nitrogen and oxygen atoms in total. The first-order chi connectivity index (χ1) is 7.29. The lowest BCUT2D eigenvalue weighted by Crippen LogP contribution is -2.33. The second-order valence-electron chi connectivity index (χ2n) is 3.70. The van der Waals surface area contributed by atoms with Gasteiger partial charge in [0.1, 0.15) is 0 Å². The Morgan fingerprint density at radius 3 is 3.13 bits per heavy atom. The summed E-state index contributed by atoms with van der Waals surface area (Å²) in [5.74, 6) is -0.175. The number of aromatic nitrogens is 3. The van der Waals surface area contributed by atoms with E-state index in [0.717, 1.165) is 19.3 Å². The minimum absolute atomic E-state index is 0.175. The largest absolute Gasteiger partial charge is 0.381 e. The molecule has 1 saturated carbocycles. The molecule has 0 aliphatic heterocycles. The number of hydrogen-bond donors (Lipinski definition) is 2. The van der Waals surface area contributed by atoms with Gasteiger partial charge in [-0.2, -0.15) is 15.4 Å². The molecule has 1 aromatic heterocycles. The predicted octanol–water partition coefficient (Wildman–Crippen LogP) is 0.102. The summed E-state index contributed by atoms with van der Waals surface area (Å²) in [5.41, 5.74) is 0.330. The lowest BCUT2D eigenvalue weighted by Gasteiger charge is -2.11. The molecule has 2 unspecified atom stereocenters. The summed E-state index contributed by atoms with van der Waals surface area (Å²) in [7, 11) is 1.70. The molecule has 0 radical (unpaired) electrons. The van der Waals surface area contributed by atoms with Gasteiger partial charge in [-0.3, -0.25) is 4.79 Å². The molecule has 2 atom stereocenters. The molecule has 2 rings (SSSR count). The first-order valence-corrected chi connectivity index (χ1v) is 4.99. The average molecular weight is 210 g/mol. The Kier molecular flexibility index (Phi) is 2.96. The molecule has 1 aliphatic rings. The molecule has 0 bridgehead atoms. The van der Waals surface area contributed by atoms with E-state index in [1.54, 1.807) is 7.11 Å². The summed E-state index contributed by atoms with van der Waals surface area (Å²) in [6.45, 7) is 0. The lowest BCUT2D eigenvalue weighted by molar-refractivity contribution is 0.0910. The first kappa shape index (κ1) is 10.1. The van der Waals surface area contributed by atoms with Crippen molar-refractivity contribution in [3.63, 3.8) is 0 Å². The minimum atomic E-state index is -0.175. The maximum atomic E-state index is 11.6. The van der Waals surface area contributed by atoms with Gasteiger partial charge in [0.15, 0.2) is 5.69 Å². The average Bonchev–Trinajstić information content (AvgIpc) is 2.87. The third-order valence-electron chi connectivity index (χ3n) is 2.70. The van der Waals surface area contributed by atoms with Crippen molar-refractivity contribution in [1.82, 2.24) is 20.7 Å². The molecule has 0 aromatic carbocycles. The fourth-order valence-corrected chi connectivity index (χ4v) is 1.86. The quantitative estimate of drug-likeness (QED) is 0.741. The highest BCUT2D eigenvalue weighted by atomic mass is 16.5. The van der Waals surface area contributed by atoms with Gasteiger partial charge in [-0.15, -0.1) is 0 Å². The van der Waals surface area contributed by atoms with Crippen molar-refractivity contribution < 1.29 is 9.53 Å². The zero-order chi connectivity index (χ0) is 10.7. The van der Waals surface area contributed by atoms with Crippen molar-refractivity contribution in [3.05, 3.63) is 11.9 Å². The van der Waals surface area contributed by atoms with Crippen LogP contribution in [-0.2, 0) is 4.74 Å². The summed E-state index contributed by atoms with van der Waals surface area (Å²) in [6.07, 6.45) is 4.52. The van der Waals surface area contributed by atoms with Crippen LogP contribution in [0.3, 0.4) is 0 Å². The molecule has 82 valence electrons. The van der Waals surface area contributed by atoms with Crippen molar-refractivity contribution >= 4 is 5.91 Å². The molecule has 1 aliphatic carbocycles. The fourth-order valence-electron chi connectivity index (χ4n) is 1.86. The molecule has 0 saturated heterocycles. The SMILES string of the molecule is COC1CCC(NC(=O)c2cn[nH]n2)C1. The van der Waals surface area contributed by atoms with Crippen LogP contribution in [-0.4, -0.2) is 40.6 Å². The fraction of sp³-hybridized carbons (Fsp3) is 0.667. The number of rotatable bonds is 3. The van der Waals surface area contributed by atoms with E-state index in [9.17, 15) is 4.79 Å². The summed E-state index contributed by atoms with van der Waals surface area (Å²) in [4.78, 5) is 11.6. The Morgan fingerprint density at radius 2 is 2.53 bits per heavy atom. The number of ether oxygens (including phenoxy) is 1. The Balaban J connectivity index is 1.86. The van der Waals surface area contributed by atoms with Gasteiger partial charge in [-0.05, 0) is 19.3 Å². The van der Waals surface area contributed by atoms with Crippen molar-refractivity contribution in [1.29, 1.82) is 0 Å². The number of H-pyrrole nitrogens is 1. The molecule has 0 spiro atoms. The topological polar surface area (TPSA) is 79.9 Å². The van der Waals surface area contributed by atoms with Crippen LogP contribution >= 0.6 is 0 Å². The van der Waals surface area contributed by atoms with Crippen molar-refractivity contribution in [3.8, 4) is 0 Å². The number of methoxy groups -OCH3 is 1. The third-order valence-corrected chi connectivity index (χ3v) is 2.70. The van der Waals surface area contributed by atoms with E-state index in [0.29, 0.717) is 5.69 Å². The zero-order valence-electron chi connectivity index (χ0n) is 8.56. The van der Waals surface area contributed by atoms with Crippen molar-refractivity contribution in [2.24, 2.45) is 0 Å². The third kappa shape index (κ3) is 2.33. The van der Waals surface area contributed by atoms with Crippen molar-refractivity contribution in [2.75, 3.05) is 7.11 Å². The van der Waals surface area contributed by atoms with Crippen molar-refractivity contribution in [2.45, 2.75) is 31.4 Å². The van der Waals surface area contributed by atoms with Crippen LogP contribution in [0.1, 0.15) is 29.8 Å². The molecule has 1 amide bonds. The Morgan fingerprint density at radius 1 is 1.67 bits per heavy atom. The second-order valence-corrected chi connectivity index (χ2v) is 3.70. The van der Waals surface area contributed by atoms with Gasteiger partial charge in [0.05, 0.1) is 12.3 Å². The lowest BCUT2D eigenvalue weighted by atomic mass is 10.2. The summed E-state index contributed by atoms with van der Waals surface area (Å²) < 4.78 is 5.23. The monoisotopic (exact) mass is 210 g/mol. The Bertz CT molecular complexity index is 325. The van der Waals surface area contributed by atoms with Crippen LogP contribution in [0.15, 0.2) is 6.20 Å². The summed E-state index contributed by atoms with van der Waals surface area (Å²) in [6, 6.07) is 0.194. The molecule has 6 heteroatoms. The number of nitrogens with one attached hydrogen (secondary N) is 2. The molecule has 2 N–H and O–H groups in total. The first-order valence-electron chi connectivity index (χ1n) is 4.99. The van der Waals surface area contributed by atoms with Gasteiger partial charge in [-0.1, -0.05) is 0 Å². The second kappa shape index (κ2) is 4.39. The molecular formula is C9H14N4O2. The molecular weight excluding hydrogens is 196 g/mol. The highest BCUT2D eigenvalue weighted by Gasteiger charge is 2.26. The highest BCUT2D eigenvalue weighted by molar-refractivity contribution is 5.92. The van der Waals surface area contributed by atoms with Crippen LogP contribution in [0.25, 0.3) is 0 Å². The molecule has 15 heavy (non-hydrogen) atoms. The normalized spacial score (nSPS) is 25.4. The van der Waals surface area contributed by atoms with Gasteiger partial charge in [-0.25, -0.2) is 0 Å². The van der Waals surface area contributed by atoms with E-state index in [1.807, 2.05) is 0 Å². The van der Waals surface area contributed by atoms with Crippen LogP contribution in [0.4, 0.5) is 0 Å². The van der Waals surface area contributed by atoms with E-state index < -0.39 is 0 Å². The maximum absolute atomic E-state index is 11.6. The number of aromatic amines is 1. The number of hydrogen-bond acceptors (Lipinski definition) is 4. The van der Waals surface area contributed by atoms with Gasteiger partial charge in [0.2, 0.25) is 0 Å². The highest BCUT2D eigenvalue weighted by Crippen LogP contribution is 2.21. The van der Waals surface area contributed by atoms with Gasteiger partial charge >= 0.3 is 0 Å². The van der Waals surface area contributed by atoms with E-state index >= 15 is 0 Å². The zero-order valence-corrected chi connectivity index (χ0v) is 8.56. The van der Waals surface area contributed by atoms with Crippen LogP contribution in [0.2, 0.25) is 0 Å². The number of carbonyl (C=O) groups is 1. The molecule has 1 heterocycles. The number of nitrogens with zero attached hydrogens (tertiary/aromatic N) is 2. The number of carbonyl (C=O) groups excluding carboxylic acids is 1. The standard InChI is InChI=1S/C9H14N4O2/c1-15-7-3-2-6(4-7)11-9(14)8-5-10-13-12-8/h5-7H,2-4H2,1H3,(H,11,14)(H,10,12,13). The van der Waals surface area contributed by atoms with E-state index in [2.05, 4.69) is 20.7 Å². The predicted molar refractivity (Wildman–Crippen MR) is 52.3 cm³/mol. The van der Waals surface area contributed by atoms with Gasteiger partial charge in [0.25, 0.3) is 5.91 Å². The number of amides is 1. The molecule has 1 fully saturated rings. The van der Waals surface area contributed by atoms with Crippen LogP contribution < -0.4 is 5.32 Å².